The van der Waals surface area contributed by atoms with Crippen LogP contribution in [0.1, 0.15) is 8.22 Å². The third kappa shape index (κ3) is 5.56. The van der Waals surface area contributed by atoms with E-state index in [1.807, 2.05) is 133 Å². The van der Waals surface area contributed by atoms with E-state index in [0.717, 1.165) is 22.3 Å². The van der Waals surface area contributed by atoms with Gasteiger partial charge in [0.05, 0.1) is 8.22 Å². The molecule has 0 fully saturated rings. The van der Waals surface area contributed by atoms with E-state index in [9.17, 15) is 5.48 Å². The SMILES string of the molecule is [2H]c1c(-c2cccc(-c3ccccc3)c2)c([2H])c2c(oc3c([2H])c(-c4nc(-c5ccccc5)nc(-c5cccc(-c6ccccc6)c5)n4)c([2H])c([2H])c32)c1[2H]. The number of rotatable bonds is 6. The van der Waals surface area contributed by atoms with E-state index in [0.29, 0.717) is 28.3 Å². The van der Waals surface area contributed by atoms with Crippen molar-refractivity contribution in [3.05, 3.63) is 176 Å². The zero-order chi connectivity index (χ0) is 37.8. The second-order valence-corrected chi connectivity index (χ2v) is 11.6. The largest absolute Gasteiger partial charge is 0.456 e. The number of benzene rings is 7. The summed E-state index contributed by atoms with van der Waals surface area (Å²) in [4.78, 5) is 14.4. The number of hydrogen-bond donors (Lipinski definition) is 0. The van der Waals surface area contributed by atoms with Crippen molar-refractivity contribution in [2.45, 2.75) is 0 Å². The van der Waals surface area contributed by atoms with Crippen LogP contribution in [0.3, 0.4) is 0 Å². The van der Waals surface area contributed by atoms with Gasteiger partial charge in [-0.25, -0.2) is 15.0 Å². The van der Waals surface area contributed by atoms with Crippen molar-refractivity contribution >= 4 is 21.9 Å². The van der Waals surface area contributed by atoms with Gasteiger partial charge in [0.25, 0.3) is 0 Å². The molecule has 0 aliphatic rings. The van der Waals surface area contributed by atoms with Crippen LogP contribution in [-0.4, -0.2) is 15.0 Å². The highest BCUT2D eigenvalue weighted by molar-refractivity contribution is 6.07. The maximum atomic E-state index is 9.41. The first-order valence-corrected chi connectivity index (χ1v) is 15.9. The van der Waals surface area contributed by atoms with Gasteiger partial charge in [-0.3, -0.25) is 0 Å². The van der Waals surface area contributed by atoms with Crippen molar-refractivity contribution in [1.82, 2.24) is 15.0 Å². The van der Waals surface area contributed by atoms with Crippen molar-refractivity contribution in [3.63, 3.8) is 0 Å². The molecule has 0 bridgehead atoms. The molecule has 2 heterocycles. The van der Waals surface area contributed by atoms with Crippen molar-refractivity contribution < 1.29 is 12.6 Å². The average Bonchev–Trinajstić information content (AvgIpc) is 3.65. The molecule has 0 aliphatic heterocycles. The highest BCUT2D eigenvalue weighted by Gasteiger charge is 2.16. The minimum Gasteiger partial charge on any atom is -0.456 e. The van der Waals surface area contributed by atoms with Crippen LogP contribution in [0, 0.1) is 0 Å². The van der Waals surface area contributed by atoms with E-state index in [2.05, 4.69) is 0 Å². The van der Waals surface area contributed by atoms with Crippen molar-refractivity contribution in [3.8, 4) is 67.5 Å². The van der Waals surface area contributed by atoms with E-state index in [4.69, 9.17) is 22.1 Å². The van der Waals surface area contributed by atoms with Gasteiger partial charge >= 0.3 is 0 Å². The van der Waals surface area contributed by atoms with E-state index in [-0.39, 0.29) is 75.1 Å². The third-order valence-corrected chi connectivity index (χ3v) is 8.39. The molecule has 0 saturated carbocycles. The van der Waals surface area contributed by atoms with Crippen LogP contribution in [0.4, 0.5) is 0 Å². The van der Waals surface area contributed by atoms with Crippen LogP contribution >= 0.6 is 0 Å². The molecule has 9 aromatic rings. The number of hydrogen-bond acceptors (Lipinski definition) is 4. The van der Waals surface area contributed by atoms with Crippen LogP contribution in [0.5, 0.6) is 0 Å². The summed E-state index contributed by atoms with van der Waals surface area (Å²) in [6.45, 7) is 0. The minimum absolute atomic E-state index is 0.0108. The van der Waals surface area contributed by atoms with Gasteiger partial charge in [0, 0.05) is 27.5 Å². The third-order valence-electron chi connectivity index (χ3n) is 8.39. The monoisotopic (exact) mass is 633 g/mol. The molecule has 0 N–H and O–H groups in total. The zero-order valence-electron chi connectivity index (χ0n) is 32.0. The standard InChI is InChI=1S/C45H29N3O/c1-4-12-30(13-5-1)33-18-10-20-35(26-33)36-23-25-41-40(28-36)39-24-22-38(29-42(39)49-41)45-47-43(32-16-8-3-9-17-32)46-44(48-45)37-21-11-19-34(27-37)31-14-6-2-7-15-31/h1-29H/i22D,23D,24D,25D,28D,29D. The molecule has 0 unspecified atom stereocenters. The van der Waals surface area contributed by atoms with Gasteiger partial charge in [0.1, 0.15) is 11.2 Å². The lowest BCUT2D eigenvalue weighted by Crippen LogP contribution is -2.00. The van der Waals surface area contributed by atoms with E-state index in [1.54, 1.807) is 6.07 Å². The van der Waals surface area contributed by atoms with Crippen molar-refractivity contribution in [2.24, 2.45) is 0 Å². The predicted molar refractivity (Wildman–Crippen MR) is 200 cm³/mol. The minimum atomic E-state index is -0.331. The van der Waals surface area contributed by atoms with Gasteiger partial charge in [-0.05, 0) is 69.7 Å². The van der Waals surface area contributed by atoms with Crippen LogP contribution in [0.2, 0.25) is 0 Å². The van der Waals surface area contributed by atoms with E-state index < -0.39 is 0 Å². The molecule has 0 atom stereocenters. The molecule has 0 aliphatic carbocycles. The lowest BCUT2D eigenvalue weighted by molar-refractivity contribution is 0.669. The fourth-order valence-corrected chi connectivity index (χ4v) is 5.93. The first-order valence-electron chi connectivity index (χ1n) is 18.9. The van der Waals surface area contributed by atoms with Gasteiger partial charge < -0.3 is 4.42 Å². The predicted octanol–water partition coefficient (Wildman–Crippen LogP) is 11.8. The molecule has 0 amide bonds. The first kappa shape index (κ1) is 22.8. The Morgan fingerprint density at radius 3 is 1.45 bits per heavy atom. The highest BCUT2D eigenvalue weighted by Crippen LogP contribution is 2.36. The van der Waals surface area contributed by atoms with Crippen LogP contribution in [-0.2, 0) is 0 Å². The van der Waals surface area contributed by atoms with Gasteiger partial charge in [-0.1, -0.05) is 139 Å². The molecule has 2 aromatic heterocycles. The molecule has 4 heteroatoms. The Hall–Kier alpha value is -6.65. The average molecular weight is 634 g/mol. The Morgan fingerprint density at radius 2 is 0.816 bits per heavy atom. The van der Waals surface area contributed by atoms with Crippen LogP contribution < -0.4 is 0 Å². The van der Waals surface area contributed by atoms with Gasteiger partial charge in [-0.2, -0.15) is 0 Å². The molecule has 0 saturated heterocycles. The van der Waals surface area contributed by atoms with Crippen molar-refractivity contribution in [2.75, 3.05) is 0 Å². The number of fused-ring (bicyclic) bond motifs is 3. The molecule has 9 rings (SSSR count). The lowest BCUT2D eigenvalue weighted by Gasteiger charge is -2.09. The summed E-state index contributed by atoms with van der Waals surface area (Å²) < 4.78 is 61.5. The summed E-state index contributed by atoms with van der Waals surface area (Å²) in [7, 11) is 0. The maximum Gasteiger partial charge on any atom is 0.164 e. The fourth-order valence-electron chi connectivity index (χ4n) is 5.93. The number of nitrogens with zero attached hydrogens (tertiary/aromatic N) is 3. The second kappa shape index (κ2) is 12.2. The Balaban J connectivity index is 1.26. The zero-order valence-corrected chi connectivity index (χ0v) is 26.0. The molecule has 0 radical (unpaired) electrons. The Morgan fingerprint density at radius 1 is 0.347 bits per heavy atom. The molecular weight excluding hydrogens is 599 g/mol. The molecular formula is C45H29N3O. The Bertz CT molecular complexity index is 2940. The molecule has 49 heavy (non-hydrogen) atoms. The van der Waals surface area contributed by atoms with E-state index >= 15 is 0 Å². The van der Waals surface area contributed by atoms with Gasteiger partial charge in [0.2, 0.25) is 0 Å². The van der Waals surface area contributed by atoms with E-state index in [1.165, 1.54) is 0 Å². The quantitative estimate of drug-likeness (QED) is 0.183. The highest BCUT2D eigenvalue weighted by atomic mass is 16.3. The van der Waals surface area contributed by atoms with Gasteiger partial charge in [0.15, 0.2) is 17.5 Å². The Labute approximate surface area is 292 Å². The Kier molecular flexibility index (Phi) is 5.67. The summed E-state index contributed by atoms with van der Waals surface area (Å²) >= 11 is 0. The molecule has 7 aromatic carbocycles. The molecule has 4 nitrogen and oxygen atoms in total. The summed E-state index contributed by atoms with van der Waals surface area (Å²) in [5.74, 6) is 0.653. The normalized spacial score (nSPS) is 13.0. The number of furan rings is 1. The summed E-state index contributed by atoms with van der Waals surface area (Å²) in [5.41, 5.74) is 5.75. The lowest BCUT2D eigenvalue weighted by atomic mass is 9.98. The summed E-state index contributed by atoms with van der Waals surface area (Å²) in [6.07, 6.45) is 0. The van der Waals surface area contributed by atoms with Crippen molar-refractivity contribution in [1.29, 1.82) is 0 Å². The van der Waals surface area contributed by atoms with Gasteiger partial charge in [-0.15, -0.1) is 0 Å². The second-order valence-electron chi connectivity index (χ2n) is 11.6. The fraction of sp³-hybridized carbons (Fsp3) is 0. The summed E-state index contributed by atoms with van der Waals surface area (Å²) in [6, 6.07) is 42.7. The number of aromatic nitrogens is 3. The summed E-state index contributed by atoms with van der Waals surface area (Å²) in [5, 5.41) is 0.162. The molecule has 230 valence electrons. The topological polar surface area (TPSA) is 51.8 Å². The van der Waals surface area contributed by atoms with Crippen LogP contribution in [0.25, 0.3) is 89.5 Å². The smallest absolute Gasteiger partial charge is 0.164 e. The van der Waals surface area contributed by atoms with Crippen LogP contribution in [0.15, 0.2) is 180 Å². The molecule has 0 spiro atoms. The first-order chi connectivity index (χ1) is 26.8. The maximum absolute atomic E-state index is 9.41.